The molecule has 5 heteroatoms. The van der Waals surface area contributed by atoms with Gasteiger partial charge in [0.25, 0.3) is 0 Å². The van der Waals surface area contributed by atoms with Crippen LogP contribution in [0.3, 0.4) is 0 Å². The molecule has 5 nitrogen and oxygen atoms in total. The van der Waals surface area contributed by atoms with Gasteiger partial charge in [0.2, 0.25) is 0 Å². The van der Waals surface area contributed by atoms with Crippen LogP contribution in [0.15, 0.2) is 72.8 Å². The molecule has 0 saturated carbocycles. The predicted molar refractivity (Wildman–Crippen MR) is 117 cm³/mol. The van der Waals surface area contributed by atoms with E-state index in [2.05, 4.69) is 0 Å². The Morgan fingerprint density at radius 3 is 2.13 bits per heavy atom. The van der Waals surface area contributed by atoms with Gasteiger partial charge in [0.15, 0.2) is 28.8 Å². The average Bonchev–Trinajstić information content (AvgIpc) is 2.81. The van der Waals surface area contributed by atoms with Crippen LogP contribution < -0.4 is 18.9 Å². The number of hydrogen-bond acceptors (Lipinski definition) is 5. The molecular weight excluding hydrogens is 380 g/mol. The predicted octanol–water partition coefficient (Wildman–Crippen LogP) is 5.19. The number of carbonyl (C=O) groups is 1. The number of methoxy groups -OCH3 is 3. The van der Waals surface area contributed by atoms with Crippen LogP contribution in [0.1, 0.15) is 21.5 Å². The molecule has 0 bridgehead atoms. The molecule has 0 spiro atoms. The van der Waals surface area contributed by atoms with Gasteiger partial charge in [0.1, 0.15) is 6.61 Å². The average molecular weight is 404 g/mol. The van der Waals surface area contributed by atoms with E-state index in [0.717, 1.165) is 11.1 Å². The van der Waals surface area contributed by atoms with E-state index in [1.807, 2.05) is 42.5 Å². The number of ether oxygens (including phenoxy) is 4. The smallest absolute Gasteiger partial charge is 0.185 e. The van der Waals surface area contributed by atoms with Gasteiger partial charge >= 0.3 is 0 Å². The lowest BCUT2D eigenvalue weighted by molar-refractivity contribution is 0.104. The van der Waals surface area contributed by atoms with Crippen molar-refractivity contribution < 1.29 is 23.7 Å². The van der Waals surface area contributed by atoms with Crippen molar-refractivity contribution in [3.8, 4) is 23.0 Å². The molecule has 0 saturated heterocycles. The summed E-state index contributed by atoms with van der Waals surface area (Å²) in [5.74, 6) is 2.19. The molecule has 0 unspecified atom stereocenters. The summed E-state index contributed by atoms with van der Waals surface area (Å²) >= 11 is 0. The van der Waals surface area contributed by atoms with Crippen molar-refractivity contribution in [1.82, 2.24) is 0 Å². The van der Waals surface area contributed by atoms with E-state index in [9.17, 15) is 4.79 Å². The molecule has 0 heterocycles. The quantitative estimate of drug-likeness (QED) is 0.363. The molecule has 0 aliphatic carbocycles. The largest absolute Gasteiger partial charge is 0.493 e. The fraction of sp³-hybridized carbons (Fsp3) is 0.160. The first-order valence-corrected chi connectivity index (χ1v) is 9.44. The zero-order valence-corrected chi connectivity index (χ0v) is 17.3. The van der Waals surface area contributed by atoms with Gasteiger partial charge in [-0.05, 0) is 47.5 Å². The summed E-state index contributed by atoms with van der Waals surface area (Å²) in [5, 5.41) is 0. The summed E-state index contributed by atoms with van der Waals surface area (Å²) in [5.41, 5.74) is 2.37. The van der Waals surface area contributed by atoms with Crippen LogP contribution in [0.5, 0.6) is 23.0 Å². The zero-order valence-electron chi connectivity index (χ0n) is 17.3. The maximum Gasteiger partial charge on any atom is 0.185 e. The van der Waals surface area contributed by atoms with Gasteiger partial charge in [0.05, 0.1) is 21.3 Å². The van der Waals surface area contributed by atoms with Gasteiger partial charge in [-0.2, -0.15) is 0 Å². The van der Waals surface area contributed by atoms with E-state index in [1.165, 1.54) is 6.08 Å². The van der Waals surface area contributed by atoms with E-state index in [1.54, 1.807) is 51.7 Å². The second-order valence-corrected chi connectivity index (χ2v) is 6.45. The van der Waals surface area contributed by atoms with Crippen molar-refractivity contribution in [3.63, 3.8) is 0 Å². The van der Waals surface area contributed by atoms with Crippen molar-refractivity contribution in [1.29, 1.82) is 0 Å². The lowest BCUT2D eigenvalue weighted by Gasteiger charge is -2.12. The van der Waals surface area contributed by atoms with Gasteiger partial charge in [-0.3, -0.25) is 4.79 Å². The maximum atomic E-state index is 12.7. The lowest BCUT2D eigenvalue weighted by atomic mass is 10.1. The molecule has 0 amide bonds. The van der Waals surface area contributed by atoms with Crippen LogP contribution >= 0.6 is 0 Å². The molecule has 3 aromatic carbocycles. The van der Waals surface area contributed by atoms with E-state index in [4.69, 9.17) is 18.9 Å². The molecule has 0 atom stereocenters. The molecule has 3 aromatic rings. The minimum atomic E-state index is -0.142. The van der Waals surface area contributed by atoms with E-state index < -0.39 is 0 Å². The Labute approximate surface area is 176 Å². The van der Waals surface area contributed by atoms with Gasteiger partial charge in [0, 0.05) is 5.56 Å². The van der Waals surface area contributed by atoms with E-state index in [-0.39, 0.29) is 5.78 Å². The molecule has 3 rings (SSSR count). The van der Waals surface area contributed by atoms with Crippen LogP contribution in [0, 0.1) is 0 Å². The standard InChI is InChI=1S/C25H24O5/c1-27-22-13-10-18(15-24(22)29-3)9-12-21(26)20-11-14-23(28-2)25(16-20)30-17-19-7-5-4-6-8-19/h4-16H,17H2,1-3H3/b12-9-. The molecule has 154 valence electrons. The summed E-state index contributed by atoms with van der Waals surface area (Å²) in [4.78, 5) is 12.7. The summed E-state index contributed by atoms with van der Waals surface area (Å²) in [6.45, 7) is 0.385. The topological polar surface area (TPSA) is 54.0 Å². The number of hydrogen-bond donors (Lipinski definition) is 0. The highest BCUT2D eigenvalue weighted by Crippen LogP contribution is 2.30. The highest BCUT2D eigenvalue weighted by Gasteiger charge is 2.10. The van der Waals surface area contributed by atoms with Crippen LogP contribution in [-0.2, 0) is 6.61 Å². The van der Waals surface area contributed by atoms with Crippen LogP contribution in [-0.4, -0.2) is 27.1 Å². The first-order chi connectivity index (χ1) is 14.6. The van der Waals surface area contributed by atoms with Crippen LogP contribution in [0.25, 0.3) is 6.08 Å². The Kier molecular flexibility index (Phi) is 7.11. The Morgan fingerprint density at radius 2 is 1.43 bits per heavy atom. The Balaban J connectivity index is 1.76. The molecule has 0 fully saturated rings. The molecule has 0 aromatic heterocycles. The summed E-state index contributed by atoms with van der Waals surface area (Å²) in [6.07, 6.45) is 3.25. The van der Waals surface area contributed by atoms with Gasteiger partial charge in [-0.15, -0.1) is 0 Å². The third kappa shape index (κ3) is 5.20. The van der Waals surface area contributed by atoms with Crippen molar-refractivity contribution in [2.75, 3.05) is 21.3 Å². The Bertz CT molecular complexity index is 1020. The minimum absolute atomic E-state index is 0.142. The molecular formula is C25H24O5. The summed E-state index contributed by atoms with van der Waals surface area (Å²) in [6, 6.07) is 20.4. The zero-order chi connectivity index (χ0) is 21.3. The normalized spacial score (nSPS) is 10.6. The number of allylic oxidation sites excluding steroid dienone is 1. The molecule has 0 aliphatic heterocycles. The fourth-order valence-electron chi connectivity index (χ4n) is 2.90. The van der Waals surface area contributed by atoms with Gasteiger partial charge in [-0.25, -0.2) is 0 Å². The molecule has 0 radical (unpaired) electrons. The summed E-state index contributed by atoms with van der Waals surface area (Å²) < 4.78 is 21.8. The third-order valence-electron chi connectivity index (χ3n) is 4.52. The molecule has 0 aliphatic rings. The summed E-state index contributed by atoms with van der Waals surface area (Å²) in [7, 11) is 4.73. The van der Waals surface area contributed by atoms with Crippen molar-refractivity contribution in [2.24, 2.45) is 0 Å². The van der Waals surface area contributed by atoms with Crippen molar-refractivity contribution in [2.45, 2.75) is 6.61 Å². The van der Waals surface area contributed by atoms with Crippen LogP contribution in [0.2, 0.25) is 0 Å². The monoisotopic (exact) mass is 404 g/mol. The minimum Gasteiger partial charge on any atom is -0.493 e. The fourth-order valence-corrected chi connectivity index (χ4v) is 2.90. The number of carbonyl (C=O) groups excluding carboxylic acids is 1. The number of benzene rings is 3. The van der Waals surface area contributed by atoms with Crippen molar-refractivity contribution in [3.05, 3.63) is 89.5 Å². The highest BCUT2D eigenvalue weighted by atomic mass is 16.5. The van der Waals surface area contributed by atoms with E-state index >= 15 is 0 Å². The second-order valence-electron chi connectivity index (χ2n) is 6.45. The molecule has 0 N–H and O–H groups in total. The van der Waals surface area contributed by atoms with Crippen LogP contribution in [0.4, 0.5) is 0 Å². The number of ketones is 1. The Morgan fingerprint density at radius 1 is 0.767 bits per heavy atom. The SMILES string of the molecule is COc1ccc(/C=C\C(=O)c2ccc(OC)c(OCc3ccccc3)c2)cc1OC. The highest BCUT2D eigenvalue weighted by molar-refractivity contribution is 6.07. The molecule has 30 heavy (non-hydrogen) atoms. The Hall–Kier alpha value is -3.73. The second kappa shape index (κ2) is 10.2. The maximum absolute atomic E-state index is 12.7. The van der Waals surface area contributed by atoms with Gasteiger partial charge < -0.3 is 18.9 Å². The van der Waals surface area contributed by atoms with Gasteiger partial charge in [-0.1, -0.05) is 42.5 Å². The first-order valence-electron chi connectivity index (χ1n) is 9.44. The van der Waals surface area contributed by atoms with Crippen molar-refractivity contribution >= 4 is 11.9 Å². The first kappa shape index (κ1) is 21.0. The lowest BCUT2D eigenvalue weighted by Crippen LogP contribution is -2.00. The third-order valence-corrected chi connectivity index (χ3v) is 4.52. The van der Waals surface area contributed by atoms with E-state index in [0.29, 0.717) is 35.2 Å². The number of rotatable bonds is 9.